The summed E-state index contributed by atoms with van der Waals surface area (Å²) >= 11 is 14.5. The van der Waals surface area contributed by atoms with E-state index in [0.717, 1.165) is 6.07 Å². The molecule has 0 aliphatic heterocycles. The summed E-state index contributed by atoms with van der Waals surface area (Å²) in [5.41, 5.74) is 0. The van der Waals surface area contributed by atoms with Crippen LogP contribution in [0.1, 0.15) is 13.3 Å². The van der Waals surface area contributed by atoms with Crippen molar-refractivity contribution in [2.24, 2.45) is 0 Å². The van der Waals surface area contributed by atoms with Gasteiger partial charge in [-0.05, 0) is 34.5 Å². The maximum Gasteiger partial charge on any atom is 0.404 e. The molecule has 20 heavy (non-hydrogen) atoms. The average molecular weight is 415 g/mol. The molecule has 0 aliphatic carbocycles. The second-order valence-electron chi connectivity index (χ2n) is 3.80. The Bertz CT molecular complexity index is 607. The first kappa shape index (κ1) is 18.0. The van der Waals surface area contributed by atoms with E-state index in [1.807, 2.05) is 0 Å². The van der Waals surface area contributed by atoms with E-state index in [9.17, 15) is 21.6 Å². The molecule has 0 aliphatic rings. The van der Waals surface area contributed by atoms with Crippen LogP contribution in [0.4, 0.5) is 13.2 Å². The van der Waals surface area contributed by atoms with Crippen molar-refractivity contribution in [1.29, 1.82) is 0 Å². The van der Waals surface area contributed by atoms with Crippen molar-refractivity contribution in [3.63, 3.8) is 0 Å². The highest BCUT2D eigenvalue weighted by atomic mass is 79.9. The monoisotopic (exact) mass is 413 g/mol. The summed E-state index contributed by atoms with van der Waals surface area (Å²) in [5, 5.41) is -0.430. The maximum atomic E-state index is 12.6. The number of hydrogen-bond acceptors (Lipinski definition) is 2. The van der Waals surface area contributed by atoms with Gasteiger partial charge in [-0.25, -0.2) is 8.42 Å². The normalized spacial score (nSPS) is 14.3. The number of benzene rings is 1. The van der Waals surface area contributed by atoms with Crippen molar-refractivity contribution in [3.8, 4) is 0 Å². The van der Waals surface area contributed by atoms with Crippen molar-refractivity contribution in [2.75, 3.05) is 0 Å². The van der Waals surface area contributed by atoms with Crippen LogP contribution in [0.25, 0.3) is 0 Å². The zero-order valence-electron chi connectivity index (χ0n) is 9.93. The third kappa shape index (κ3) is 4.00. The van der Waals surface area contributed by atoms with E-state index in [1.54, 1.807) is 4.72 Å². The van der Waals surface area contributed by atoms with Gasteiger partial charge in [0.2, 0.25) is 10.0 Å². The molecule has 0 saturated carbocycles. The summed E-state index contributed by atoms with van der Waals surface area (Å²) in [6.07, 6.45) is -5.13. The summed E-state index contributed by atoms with van der Waals surface area (Å²) < 4.78 is 63.7. The lowest BCUT2D eigenvalue weighted by atomic mass is 10.2. The fourth-order valence-corrected chi connectivity index (χ4v) is 3.87. The van der Waals surface area contributed by atoms with Gasteiger partial charge >= 0.3 is 6.18 Å². The summed E-state index contributed by atoms with van der Waals surface area (Å²) in [5.74, 6) is 0. The van der Waals surface area contributed by atoms with Gasteiger partial charge in [-0.3, -0.25) is 0 Å². The van der Waals surface area contributed by atoms with E-state index in [4.69, 9.17) is 23.2 Å². The molecule has 0 amide bonds. The Balaban J connectivity index is 3.22. The van der Waals surface area contributed by atoms with Gasteiger partial charge in [0.05, 0.1) is 10.0 Å². The minimum Gasteiger partial charge on any atom is -0.207 e. The van der Waals surface area contributed by atoms with Crippen molar-refractivity contribution in [2.45, 2.75) is 30.5 Å². The standard InChI is InChI=1S/C10H9BrCl2F3NO2S/c1-2-7(10(14,15)16)17-20(18,19)6-4-3-5(11)8(12)9(6)13/h3-4,7,17H,2H2,1H3/t7-/m0/s1. The van der Waals surface area contributed by atoms with Crippen molar-refractivity contribution in [3.05, 3.63) is 26.7 Å². The van der Waals surface area contributed by atoms with Crippen LogP contribution < -0.4 is 4.72 Å². The van der Waals surface area contributed by atoms with Crippen molar-refractivity contribution >= 4 is 49.2 Å². The van der Waals surface area contributed by atoms with E-state index >= 15 is 0 Å². The number of nitrogens with one attached hydrogen (secondary N) is 1. The van der Waals surface area contributed by atoms with Gasteiger partial charge in [0.15, 0.2) is 0 Å². The molecular weight excluding hydrogens is 406 g/mol. The van der Waals surface area contributed by atoms with E-state index in [1.165, 1.54) is 13.0 Å². The van der Waals surface area contributed by atoms with Crippen LogP contribution in [-0.2, 0) is 10.0 Å². The van der Waals surface area contributed by atoms with Gasteiger partial charge in [-0.15, -0.1) is 0 Å². The smallest absolute Gasteiger partial charge is 0.207 e. The molecule has 1 N–H and O–H groups in total. The molecule has 0 spiro atoms. The summed E-state index contributed by atoms with van der Waals surface area (Å²) in [6.45, 7) is 1.22. The van der Waals surface area contributed by atoms with Crippen molar-refractivity contribution in [1.82, 2.24) is 4.72 Å². The second-order valence-corrected chi connectivity index (χ2v) is 7.09. The molecule has 0 bridgehead atoms. The van der Waals surface area contributed by atoms with Crippen LogP contribution in [0.5, 0.6) is 0 Å². The van der Waals surface area contributed by atoms with Gasteiger partial charge in [0.1, 0.15) is 10.9 Å². The zero-order valence-corrected chi connectivity index (χ0v) is 13.8. The van der Waals surface area contributed by atoms with Crippen LogP contribution in [0.15, 0.2) is 21.5 Å². The number of hydrogen-bond donors (Lipinski definition) is 1. The molecule has 0 saturated heterocycles. The maximum absolute atomic E-state index is 12.6. The predicted molar refractivity (Wildman–Crippen MR) is 74.6 cm³/mol. The lowest BCUT2D eigenvalue weighted by Gasteiger charge is -2.20. The van der Waals surface area contributed by atoms with Gasteiger partial charge in [0, 0.05) is 4.47 Å². The molecule has 114 valence electrons. The predicted octanol–water partition coefficient (Wildman–Crippen LogP) is 4.38. The number of halogens is 6. The Morgan fingerprint density at radius 1 is 1.30 bits per heavy atom. The minimum absolute atomic E-state index is 0.0883. The van der Waals surface area contributed by atoms with Gasteiger partial charge in [0.25, 0.3) is 0 Å². The highest BCUT2D eigenvalue weighted by Gasteiger charge is 2.41. The first-order valence-electron chi connectivity index (χ1n) is 5.23. The Hall–Kier alpha value is -0.0200. The van der Waals surface area contributed by atoms with E-state index in [0.29, 0.717) is 4.47 Å². The summed E-state index contributed by atoms with van der Waals surface area (Å²) in [7, 11) is -4.43. The SMILES string of the molecule is CC[C@H](NS(=O)(=O)c1ccc(Br)c(Cl)c1Cl)C(F)(F)F. The van der Waals surface area contributed by atoms with E-state index in [2.05, 4.69) is 15.9 Å². The fraction of sp³-hybridized carbons (Fsp3) is 0.400. The Morgan fingerprint density at radius 3 is 2.30 bits per heavy atom. The molecular formula is C10H9BrCl2F3NO2S. The van der Waals surface area contributed by atoms with Gasteiger partial charge < -0.3 is 0 Å². The lowest BCUT2D eigenvalue weighted by Crippen LogP contribution is -2.44. The molecule has 0 radical (unpaired) electrons. The Morgan fingerprint density at radius 2 is 1.85 bits per heavy atom. The van der Waals surface area contributed by atoms with Crippen LogP contribution in [0.2, 0.25) is 10.0 Å². The third-order valence-electron chi connectivity index (χ3n) is 2.39. The van der Waals surface area contributed by atoms with Gasteiger partial charge in [-0.2, -0.15) is 17.9 Å². The molecule has 10 heteroatoms. The molecule has 0 aromatic heterocycles. The third-order valence-corrected chi connectivity index (χ3v) is 5.79. The Kier molecular flexibility index (Phi) is 5.76. The highest BCUT2D eigenvalue weighted by Crippen LogP contribution is 2.35. The quantitative estimate of drug-likeness (QED) is 0.743. The van der Waals surface area contributed by atoms with Gasteiger partial charge in [-0.1, -0.05) is 30.1 Å². The highest BCUT2D eigenvalue weighted by molar-refractivity contribution is 9.10. The second kappa shape index (κ2) is 6.39. The molecule has 1 atom stereocenters. The van der Waals surface area contributed by atoms with Crippen LogP contribution in [-0.4, -0.2) is 20.6 Å². The molecule has 1 aromatic rings. The molecule has 0 unspecified atom stereocenters. The number of alkyl halides is 3. The first-order chi connectivity index (χ1) is 9.00. The number of rotatable bonds is 4. The first-order valence-corrected chi connectivity index (χ1v) is 8.26. The Labute approximate surface area is 132 Å². The molecule has 1 aromatic carbocycles. The minimum atomic E-state index is -4.69. The van der Waals surface area contributed by atoms with E-state index in [-0.39, 0.29) is 10.0 Å². The van der Waals surface area contributed by atoms with E-state index < -0.39 is 33.6 Å². The van der Waals surface area contributed by atoms with Crippen LogP contribution >= 0.6 is 39.1 Å². The topological polar surface area (TPSA) is 46.2 Å². The van der Waals surface area contributed by atoms with Crippen LogP contribution in [0, 0.1) is 0 Å². The number of sulfonamides is 1. The van der Waals surface area contributed by atoms with Crippen molar-refractivity contribution < 1.29 is 21.6 Å². The molecule has 3 nitrogen and oxygen atoms in total. The van der Waals surface area contributed by atoms with Crippen LogP contribution in [0.3, 0.4) is 0 Å². The molecule has 0 fully saturated rings. The summed E-state index contributed by atoms with van der Waals surface area (Å²) in [6, 6.07) is 0.173. The zero-order chi connectivity index (χ0) is 15.7. The summed E-state index contributed by atoms with van der Waals surface area (Å²) in [4.78, 5) is -0.505. The molecule has 1 rings (SSSR count). The largest absolute Gasteiger partial charge is 0.404 e. The average Bonchev–Trinajstić information content (AvgIpc) is 2.31. The lowest BCUT2D eigenvalue weighted by molar-refractivity contribution is -0.151. The fourth-order valence-electron chi connectivity index (χ4n) is 1.35. The molecule has 0 heterocycles.